The van der Waals surface area contributed by atoms with Crippen molar-refractivity contribution in [1.82, 2.24) is 10.6 Å². The van der Waals surface area contributed by atoms with Gasteiger partial charge in [0.15, 0.2) is 0 Å². The van der Waals surface area contributed by atoms with Crippen molar-refractivity contribution >= 4 is 29.9 Å². The van der Waals surface area contributed by atoms with Crippen LogP contribution in [-0.2, 0) is 0 Å². The Morgan fingerprint density at radius 1 is 1.47 bits per heavy atom. The second-order valence-electron chi connectivity index (χ2n) is 4.12. The minimum absolute atomic E-state index is 0. The molecule has 104 valence electrons. The predicted octanol–water partition coefficient (Wildman–Crippen LogP) is 2.55. The van der Waals surface area contributed by atoms with Crippen LogP contribution in [0.2, 0.25) is 5.02 Å². The van der Waals surface area contributed by atoms with Gasteiger partial charge in [-0.05, 0) is 31.2 Å². The van der Waals surface area contributed by atoms with E-state index < -0.39 is 11.7 Å². The molecule has 0 saturated carbocycles. The van der Waals surface area contributed by atoms with Gasteiger partial charge in [0.2, 0.25) is 0 Å². The zero-order valence-electron chi connectivity index (χ0n) is 10.2. The number of rotatable bonds is 3. The van der Waals surface area contributed by atoms with Crippen LogP contribution in [0.25, 0.3) is 0 Å². The number of benzene rings is 1. The summed E-state index contributed by atoms with van der Waals surface area (Å²) < 4.78 is 13.4. The van der Waals surface area contributed by atoms with Gasteiger partial charge in [-0.15, -0.1) is 12.4 Å². The molecule has 0 aliphatic carbocycles. The average molecular weight is 305 g/mol. The lowest BCUT2D eigenvalue weighted by Gasteiger charge is -2.14. The maximum atomic E-state index is 13.4. The average Bonchev–Trinajstić information content (AvgIpc) is 2.40. The molecule has 0 fully saturated rings. The largest absolute Gasteiger partial charge is 0.348 e. The van der Waals surface area contributed by atoms with Crippen molar-refractivity contribution in [2.24, 2.45) is 0 Å². The highest BCUT2D eigenvalue weighted by Gasteiger charge is 2.12. The molecule has 1 heterocycles. The van der Waals surface area contributed by atoms with E-state index in [1.54, 1.807) is 0 Å². The topological polar surface area (TPSA) is 41.1 Å². The van der Waals surface area contributed by atoms with Crippen LogP contribution in [-0.4, -0.2) is 25.5 Å². The summed E-state index contributed by atoms with van der Waals surface area (Å²) in [5.74, 6) is -0.995. The van der Waals surface area contributed by atoms with Crippen LogP contribution in [0, 0.1) is 5.82 Å². The standard InChI is InChI=1S/C13H14ClFN2O.ClH/c14-10-1-2-12(15)11(7-10)13(18)17-8-9-3-5-16-6-4-9;/h1-3,7,16H,4-6,8H2,(H,17,18);1H. The molecule has 19 heavy (non-hydrogen) atoms. The maximum Gasteiger partial charge on any atom is 0.254 e. The SMILES string of the molecule is Cl.O=C(NCC1=CCNCC1)c1cc(Cl)ccc1F. The van der Waals surface area contributed by atoms with Gasteiger partial charge in [0, 0.05) is 18.1 Å². The Labute approximate surface area is 122 Å². The normalized spacial score (nSPS) is 14.3. The Balaban J connectivity index is 0.00000180. The first-order valence-corrected chi connectivity index (χ1v) is 6.16. The Hall–Kier alpha value is -1.10. The number of carbonyl (C=O) groups excluding carboxylic acids is 1. The smallest absolute Gasteiger partial charge is 0.254 e. The van der Waals surface area contributed by atoms with E-state index in [4.69, 9.17) is 11.6 Å². The van der Waals surface area contributed by atoms with Gasteiger partial charge in [0.1, 0.15) is 5.82 Å². The summed E-state index contributed by atoms with van der Waals surface area (Å²) >= 11 is 5.74. The summed E-state index contributed by atoms with van der Waals surface area (Å²) in [5.41, 5.74) is 1.14. The summed E-state index contributed by atoms with van der Waals surface area (Å²) in [7, 11) is 0. The second-order valence-corrected chi connectivity index (χ2v) is 4.56. The lowest BCUT2D eigenvalue weighted by Crippen LogP contribution is -2.30. The van der Waals surface area contributed by atoms with Gasteiger partial charge in [-0.25, -0.2) is 4.39 Å². The van der Waals surface area contributed by atoms with E-state index >= 15 is 0 Å². The van der Waals surface area contributed by atoms with Gasteiger partial charge >= 0.3 is 0 Å². The maximum absolute atomic E-state index is 13.4. The van der Waals surface area contributed by atoms with Crippen LogP contribution < -0.4 is 10.6 Å². The number of carbonyl (C=O) groups is 1. The van der Waals surface area contributed by atoms with Crippen molar-refractivity contribution in [1.29, 1.82) is 0 Å². The monoisotopic (exact) mass is 304 g/mol. The van der Waals surface area contributed by atoms with Crippen molar-refractivity contribution in [2.45, 2.75) is 6.42 Å². The van der Waals surface area contributed by atoms with Crippen LogP contribution in [0.1, 0.15) is 16.8 Å². The van der Waals surface area contributed by atoms with Crippen LogP contribution >= 0.6 is 24.0 Å². The van der Waals surface area contributed by atoms with E-state index in [1.165, 1.54) is 18.2 Å². The van der Waals surface area contributed by atoms with Crippen LogP contribution in [0.3, 0.4) is 0 Å². The quantitative estimate of drug-likeness (QED) is 0.843. The molecule has 6 heteroatoms. The highest BCUT2D eigenvalue weighted by Crippen LogP contribution is 2.15. The molecule has 0 atom stereocenters. The van der Waals surface area contributed by atoms with Gasteiger partial charge < -0.3 is 10.6 Å². The molecule has 0 unspecified atom stereocenters. The fourth-order valence-corrected chi connectivity index (χ4v) is 1.96. The molecule has 0 saturated heterocycles. The van der Waals surface area contributed by atoms with Crippen LogP contribution in [0.15, 0.2) is 29.8 Å². The first kappa shape index (κ1) is 16.0. The van der Waals surface area contributed by atoms with E-state index in [-0.39, 0.29) is 18.0 Å². The summed E-state index contributed by atoms with van der Waals surface area (Å²) in [6.45, 7) is 2.18. The lowest BCUT2D eigenvalue weighted by atomic mass is 10.1. The number of nitrogens with one attached hydrogen (secondary N) is 2. The number of hydrogen-bond acceptors (Lipinski definition) is 2. The lowest BCUT2D eigenvalue weighted by molar-refractivity contribution is 0.0952. The van der Waals surface area contributed by atoms with Gasteiger partial charge in [-0.1, -0.05) is 23.3 Å². The van der Waals surface area contributed by atoms with E-state index in [9.17, 15) is 9.18 Å². The van der Waals surface area contributed by atoms with Gasteiger partial charge in [-0.3, -0.25) is 4.79 Å². The highest BCUT2D eigenvalue weighted by atomic mass is 35.5. The van der Waals surface area contributed by atoms with Crippen molar-refractivity contribution < 1.29 is 9.18 Å². The zero-order valence-corrected chi connectivity index (χ0v) is 11.8. The zero-order chi connectivity index (χ0) is 13.0. The third-order valence-corrected chi connectivity index (χ3v) is 3.04. The Morgan fingerprint density at radius 3 is 2.95 bits per heavy atom. The molecule has 0 radical (unpaired) electrons. The van der Waals surface area contributed by atoms with Gasteiger partial charge in [0.25, 0.3) is 5.91 Å². The van der Waals surface area contributed by atoms with Crippen LogP contribution in [0.4, 0.5) is 4.39 Å². The van der Waals surface area contributed by atoms with Crippen LogP contribution in [0.5, 0.6) is 0 Å². The Bertz CT molecular complexity index is 492. The molecule has 1 aliphatic rings. The molecule has 1 aliphatic heterocycles. The van der Waals surface area contributed by atoms with Gasteiger partial charge in [0.05, 0.1) is 5.56 Å². The van der Waals surface area contributed by atoms with E-state index in [2.05, 4.69) is 10.6 Å². The minimum atomic E-state index is -0.559. The fourth-order valence-electron chi connectivity index (χ4n) is 1.79. The van der Waals surface area contributed by atoms with Crippen molar-refractivity contribution in [3.63, 3.8) is 0 Å². The molecule has 2 N–H and O–H groups in total. The van der Waals surface area contributed by atoms with E-state index in [0.717, 1.165) is 25.1 Å². The molecule has 1 amide bonds. The van der Waals surface area contributed by atoms with Gasteiger partial charge in [-0.2, -0.15) is 0 Å². The fraction of sp³-hybridized carbons (Fsp3) is 0.308. The third-order valence-electron chi connectivity index (χ3n) is 2.81. The Kier molecular flexibility index (Phi) is 6.28. The molecule has 1 aromatic carbocycles. The van der Waals surface area contributed by atoms with Crippen molar-refractivity contribution in [3.05, 3.63) is 46.3 Å². The molecule has 0 bridgehead atoms. The second kappa shape index (κ2) is 7.48. The molecule has 1 aromatic rings. The number of amides is 1. The molecule has 0 spiro atoms. The first-order chi connectivity index (χ1) is 8.66. The van der Waals surface area contributed by atoms with Crippen molar-refractivity contribution in [3.8, 4) is 0 Å². The summed E-state index contributed by atoms with van der Waals surface area (Å²) in [5, 5.41) is 6.24. The Morgan fingerprint density at radius 2 is 2.26 bits per heavy atom. The molecular formula is C13H15Cl2FN2O. The number of hydrogen-bond donors (Lipinski definition) is 2. The van der Waals surface area contributed by atoms with E-state index in [0.29, 0.717) is 11.6 Å². The third kappa shape index (κ3) is 4.49. The summed E-state index contributed by atoms with van der Waals surface area (Å²) in [4.78, 5) is 11.8. The molecule has 0 aromatic heterocycles. The molecule has 2 rings (SSSR count). The van der Waals surface area contributed by atoms with Crippen molar-refractivity contribution in [2.75, 3.05) is 19.6 Å². The molecular weight excluding hydrogens is 290 g/mol. The van der Waals surface area contributed by atoms with E-state index in [1.807, 2.05) is 6.08 Å². The molecule has 3 nitrogen and oxygen atoms in total. The first-order valence-electron chi connectivity index (χ1n) is 5.78. The summed E-state index contributed by atoms with van der Waals surface area (Å²) in [6.07, 6.45) is 2.94. The highest BCUT2D eigenvalue weighted by molar-refractivity contribution is 6.31. The summed E-state index contributed by atoms with van der Waals surface area (Å²) in [6, 6.07) is 3.95. The minimum Gasteiger partial charge on any atom is -0.348 e. The number of halogens is 3. The predicted molar refractivity (Wildman–Crippen MR) is 76.6 cm³/mol.